The number of esters is 1. The Labute approximate surface area is 183 Å². The lowest BCUT2D eigenvalue weighted by Gasteiger charge is -2.15. The van der Waals surface area contributed by atoms with Crippen LogP contribution >= 0.6 is 0 Å². The summed E-state index contributed by atoms with van der Waals surface area (Å²) in [6.07, 6.45) is 18.2. The number of unbranched alkanes of at least 4 members (excludes halogenated alkanes) is 9. The summed E-state index contributed by atoms with van der Waals surface area (Å²) in [5.74, 6) is -2.30. The highest BCUT2D eigenvalue weighted by atomic mass is 16.5. The molecule has 30 heavy (non-hydrogen) atoms. The molecule has 0 saturated heterocycles. The van der Waals surface area contributed by atoms with Gasteiger partial charge in [0, 0.05) is 12.2 Å². The first-order valence-electron chi connectivity index (χ1n) is 11.7. The third-order valence-electron chi connectivity index (χ3n) is 4.76. The molecule has 176 valence electrons. The van der Waals surface area contributed by atoms with Gasteiger partial charge >= 0.3 is 17.9 Å². The van der Waals surface area contributed by atoms with Crippen molar-refractivity contribution < 1.29 is 29.3 Å². The molecule has 0 fully saturated rings. The molecule has 0 aromatic heterocycles. The van der Waals surface area contributed by atoms with Gasteiger partial charge in [-0.2, -0.15) is 0 Å². The average Bonchev–Trinajstić information content (AvgIpc) is 2.71. The fourth-order valence-corrected chi connectivity index (χ4v) is 2.93. The Hall–Kier alpha value is -1.85. The van der Waals surface area contributed by atoms with Crippen LogP contribution < -0.4 is 0 Å². The monoisotopic (exact) mass is 428 g/mol. The van der Waals surface area contributed by atoms with Crippen molar-refractivity contribution in [3.05, 3.63) is 12.2 Å². The van der Waals surface area contributed by atoms with Gasteiger partial charge in [0.2, 0.25) is 0 Å². The molecule has 1 atom stereocenters. The van der Waals surface area contributed by atoms with Crippen LogP contribution in [0, 0.1) is 5.92 Å². The number of ether oxygens (including phenoxy) is 1. The second-order valence-electron chi connectivity index (χ2n) is 7.63. The van der Waals surface area contributed by atoms with Crippen molar-refractivity contribution in [1.82, 2.24) is 0 Å². The Morgan fingerprint density at radius 2 is 1.10 bits per heavy atom. The van der Waals surface area contributed by atoms with Crippen LogP contribution in [0.15, 0.2) is 12.2 Å². The van der Waals surface area contributed by atoms with E-state index in [1.165, 1.54) is 51.4 Å². The van der Waals surface area contributed by atoms with Crippen molar-refractivity contribution in [2.24, 2.45) is 5.92 Å². The number of carbonyl (C=O) groups excluding carboxylic acids is 1. The number of carboxylic acid groups (broad SMARTS) is 2. The summed E-state index contributed by atoms with van der Waals surface area (Å²) in [5, 5.41) is 15.6. The minimum Gasteiger partial charge on any atom is -0.478 e. The van der Waals surface area contributed by atoms with Gasteiger partial charge in [0.1, 0.15) is 0 Å². The van der Waals surface area contributed by atoms with Crippen LogP contribution in [0.4, 0.5) is 0 Å². The van der Waals surface area contributed by atoms with Gasteiger partial charge in [-0.15, -0.1) is 0 Å². The van der Waals surface area contributed by atoms with Crippen LogP contribution in [0.3, 0.4) is 0 Å². The highest BCUT2D eigenvalue weighted by Crippen LogP contribution is 2.19. The summed E-state index contributed by atoms with van der Waals surface area (Å²) in [7, 11) is 0. The van der Waals surface area contributed by atoms with Gasteiger partial charge in [-0.1, -0.05) is 91.4 Å². The van der Waals surface area contributed by atoms with Gasteiger partial charge in [-0.05, 0) is 19.3 Å². The SMILES string of the molecule is CCCCCCCCCCC(CCCC)C(=O)OCCCC.O=C(O)/C=C\C(=O)O. The molecule has 0 rings (SSSR count). The van der Waals surface area contributed by atoms with Crippen molar-refractivity contribution in [3.63, 3.8) is 0 Å². The molecule has 1 unspecified atom stereocenters. The van der Waals surface area contributed by atoms with Crippen LogP contribution in [-0.2, 0) is 19.1 Å². The molecular formula is C24H44O6. The Balaban J connectivity index is 0. The van der Waals surface area contributed by atoms with Crippen LogP contribution in [0.25, 0.3) is 0 Å². The maximum Gasteiger partial charge on any atom is 0.328 e. The molecule has 0 saturated carbocycles. The van der Waals surface area contributed by atoms with Gasteiger partial charge in [0.25, 0.3) is 0 Å². The molecule has 2 N–H and O–H groups in total. The Morgan fingerprint density at radius 3 is 1.57 bits per heavy atom. The number of rotatable bonds is 18. The van der Waals surface area contributed by atoms with E-state index >= 15 is 0 Å². The molecule has 0 amide bonds. The molecule has 0 aliphatic heterocycles. The number of aliphatic carboxylic acids is 2. The van der Waals surface area contributed by atoms with Crippen LogP contribution in [0.5, 0.6) is 0 Å². The van der Waals surface area contributed by atoms with Gasteiger partial charge in [-0.3, -0.25) is 4.79 Å². The topological polar surface area (TPSA) is 101 Å². The Morgan fingerprint density at radius 1 is 0.667 bits per heavy atom. The molecule has 0 radical (unpaired) electrons. The number of carboxylic acids is 2. The second-order valence-corrected chi connectivity index (χ2v) is 7.63. The van der Waals surface area contributed by atoms with E-state index in [4.69, 9.17) is 14.9 Å². The summed E-state index contributed by atoms with van der Waals surface area (Å²) in [6, 6.07) is 0. The number of hydrogen-bond acceptors (Lipinski definition) is 4. The van der Waals surface area contributed by atoms with E-state index in [-0.39, 0.29) is 11.9 Å². The summed E-state index contributed by atoms with van der Waals surface area (Å²) in [5.41, 5.74) is 0. The molecule has 0 aromatic carbocycles. The minimum absolute atomic E-state index is 0.0600. The predicted molar refractivity (Wildman–Crippen MR) is 121 cm³/mol. The van der Waals surface area contributed by atoms with E-state index in [0.717, 1.165) is 38.5 Å². The molecule has 0 aliphatic carbocycles. The average molecular weight is 429 g/mol. The van der Waals surface area contributed by atoms with E-state index in [1.807, 2.05) is 0 Å². The van der Waals surface area contributed by atoms with E-state index in [9.17, 15) is 14.4 Å². The fourth-order valence-electron chi connectivity index (χ4n) is 2.93. The largest absolute Gasteiger partial charge is 0.478 e. The molecular weight excluding hydrogens is 384 g/mol. The third-order valence-corrected chi connectivity index (χ3v) is 4.76. The Bertz CT molecular complexity index is 443. The van der Waals surface area contributed by atoms with E-state index < -0.39 is 11.9 Å². The van der Waals surface area contributed by atoms with Crippen molar-refractivity contribution in [2.75, 3.05) is 6.61 Å². The maximum absolute atomic E-state index is 12.1. The van der Waals surface area contributed by atoms with Crippen molar-refractivity contribution in [3.8, 4) is 0 Å². The molecule has 6 heteroatoms. The minimum atomic E-state index is -1.26. The van der Waals surface area contributed by atoms with Gasteiger partial charge in [0.05, 0.1) is 12.5 Å². The number of carbonyl (C=O) groups is 3. The lowest BCUT2D eigenvalue weighted by Crippen LogP contribution is -2.18. The summed E-state index contributed by atoms with van der Waals surface area (Å²) in [4.78, 5) is 31.2. The molecule has 0 heterocycles. The van der Waals surface area contributed by atoms with Crippen molar-refractivity contribution in [1.29, 1.82) is 0 Å². The quantitative estimate of drug-likeness (QED) is 0.149. The van der Waals surface area contributed by atoms with Crippen LogP contribution in [0.1, 0.15) is 111 Å². The van der Waals surface area contributed by atoms with Crippen molar-refractivity contribution in [2.45, 2.75) is 111 Å². The van der Waals surface area contributed by atoms with Gasteiger partial charge in [0.15, 0.2) is 0 Å². The standard InChI is InChI=1S/C20H40O2.C4H4O4/c1-4-7-10-11-12-13-14-15-17-19(16-8-5-2)20(21)22-18-9-6-3;5-3(6)1-2-4(7)8/h19H,4-18H2,1-3H3;1-2H,(H,5,6)(H,7,8)/b;2-1-. The lowest BCUT2D eigenvalue weighted by molar-refractivity contribution is -0.149. The zero-order valence-corrected chi connectivity index (χ0v) is 19.4. The lowest BCUT2D eigenvalue weighted by atomic mass is 9.95. The Kier molecular flexibility index (Phi) is 23.7. The normalized spacial score (nSPS) is 11.6. The molecule has 0 aromatic rings. The third kappa shape index (κ3) is 24.2. The zero-order chi connectivity index (χ0) is 23.0. The van der Waals surface area contributed by atoms with Crippen LogP contribution in [-0.4, -0.2) is 34.7 Å². The molecule has 0 aliphatic rings. The molecule has 6 nitrogen and oxygen atoms in total. The highest BCUT2D eigenvalue weighted by Gasteiger charge is 2.18. The zero-order valence-electron chi connectivity index (χ0n) is 19.4. The van der Waals surface area contributed by atoms with E-state index in [1.54, 1.807) is 0 Å². The summed E-state index contributed by atoms with van der Waals surface area (Å²) in [6.45, 7) is 7.18. The molecule has 0 bridgehead atoms. The van der Waals surface area contributed by atoms with E-state index in [0.29, 0.717) is 18.8 Å². The first-order valence-corrected chi connectivity index (χ1v) is 11.7. The second kappa shape index (κ2) is 23.4. The first-order chi connectivity index (χ1) is 14.4. The molecule has 0 spiro atoms. The summed E-state index contributed by atoms with van der Waals surface area (Å²) < 4.78 is 5.43. The maximum atomic E-state index is 12.1. The van der Waals surface area contributed by atoms with Crippen LogP contribution in [0.2, 0.25) is 0 Å². The highest BCUT2D eigenvalue weighted by molar-refractivity contribution is 5.89. The van der Waals surface area contributed by atoms with E-state index in [2.05, 4.69) is 20.8 Å². The van der Waals surface area contributed by atoms with Gasteiger partial charge < -0.3 is 14.9 Å². The van der Waals surface area contributed by atoms with Crippen molar-refractivity contribution >= 4 is 17.9 Å². The first kappa shape index (κ1) is 30.3. The number of hydrogen-bond donors (Lipinski definition) is 2. The van der Waals surface area contributed by atoms with Gasteiger partial charge in [-0.25, -0.2) is 9.59 Å². The predicted octanol–water partition coefficient (Wildman–Crippen LogP) is 6.38. The fraction of sp³-hybridized carbons (Fsp3) is 0.792. The summed E-state index contributed by atoms with van der Waals surface area (Å²) >= 11 is 0. The smallest absolute Gasteiger partial charge is 0.328 e.